The van der Waals surface area contributed by atoms with E-state index in [0.29, 0.717) is 0 Å². The van der Waals surface area contributed by atoms with Crippen molar-refractivity contribution in [3.63, 3.8) is 0 Å². The van der Waals surface area contributed by atoms with Gasteiger partial charge in [0.2, 0.25) is 0 Å². The van der Waals surface area contributed by atoms with E-state index in [2.05, 4.69) is 6.58 Å². The third-order valence-corrected chi connectivity index (χ3v) is 3.50. The van der Waals surface area contributed by atoms with Crippen molar-refractivity contribution in [2.75, 3.05) is 6.61 Å². The van der Waals surface area contributed by atoms with Crippen molar-refractivity contribution in [3.8, 4) is 0 Å². The minimum absolute atomic E-state index is 0.114. The van der Waals surface area contributed by atoms with Gasteiger partial charge in [0.25, 0.3) is 0 Å². The van der Waals surface area contributed by atoms with Gasteiger partial charge in [-0.3, -0.25) is 0 Å². The molecule has 1 fully saturated rings. The van der Waals surface area contributed by atoms with Gasteiger partial charge < -0.3 is 18.9 Å². The molecular weight excluding hydrogens is 312 g/mol. The second-order valence-corrected chi connectivity index (χ2v) is 5.98. The summed E-state index contributed by atoms with van der Waals surface area (Å²) in [6, 6.07) is 9.25. The second kappa shape index (κ2) is 7.59. The molecule has 2 atom stereocenters. The third kappa shape index (κ3) is 4.91. The quantitative estimate of drug-likeness (QED) is 0.587. The van der Waals surface area contributed by atoms with Gasteiger partial charge in [0.1, 0.15) is 12.7 Å². The molecule has 0 spiro atoms. The van der Waals surface area contributed by atoms with Crippen LogP contribution in [0.3, 0.4) is 0 Å². The Hall–Kier alpha value is -2.18. The molecule has 0 unspecified atom stereocenters. The van der Waals surface area contributed by atoms with Gasteiger partial charge in [-0.05, 0) is 26.3 Å². The van der Waals surface area contributed by atoms with E-state index >= 15 is 0 Å². The summed E-state index contributed by atoms with van der Waals surface area (Å²) < 4.78 is 21.1. The molecule has 6 heteroatoms. The summed E-state index contributed by atoms with van der Waals surface area (Å²) in [4.78, 5) is 24.0. The summed E-state index contributed by atoms with van der Waals surface area (Å²) >= 11 is 0. The lowest BCUT2D eigenvalue weighted by molar-refractivity contribution is -0.166. The van der Waals surface area contributed by atoms with Crippen LogP contribution in [0.4, 0.5) is 0 Å². The largest absolute Gasteiger partial charge is 0.458 e. The number of hydrogen-bond donors (Lipinski definition) is 0. The molecule has 1 aliphatic heterocycles. The van der Waals surface area contributed by atoms with Crippen LogP contribution in [0, 0.1) is 0 Å². The molecule has 1 saturated heterocycles. The maximum atomic E-state index is 12.1. The van der Waals surface area contributed by atoms with Gasteiger partial charge in [-0.15, -0.1) is 0 Å². The molecule has 0 radical (unpaired) electrons. The third-order valence-electron chi connectivity index (χ3n) is 3.50. The van der Waals surface area contributed by atoms with Crippen LogP contribution in [0.2, 0.25) is 0 Å². The van der Waals surface area contributed by atoms with Gasteiger partial charge in [0, 0.05) is 0 Å². The van der Waals surface area contributed by atoms with E-state index < -0.39 is 29.9 Å². The Morgan fingerprint density at radius 2 is 2.00 bits per heavy atom. The Labute approximate surface area is 141 Å². The highest BCUT2D eigenvalue weighted by molar-refractivity contribution is 5.91. The molecule has 0 aliphatic carbocycles. The molecule has 1 aromatic carbocycles. The average Bonchev–Trinajstić information content (AvgIpc) is 2.92. The molecule has 24 heavy (non-hydrogen) atoms. The van der Waals surface area contributed by atoms with Crippen molar-refractivity contribution < 1.29 is 28.5 Å². The van der Waals surface area contributed by atoms with Crippen molar-refractivity contribution in [2.45, 2.75) is 45.4 Å². The van der Waals surface area contributed by atoms with Crippen LogP contribution in [0.15, 0.2) is 42.5 Å². The predicted molar refractivity (Wildman–Crippen MR) is 85.8 cm³/mol. The van der Waals surface area contributed by atoms with Crippen LogP contribution in [0.1, 0.15) is 26.3 Å². The SMILES string of the molecule is C=C(C(=O)O[C@H](C)C(=O)OCc1ccccc1)[C@H]1COC(C)(C)O1. The maximum absolute atomic E-state index is 12.1. The van der Waals surface area contributed by atoms with Crippen molar-refractivity contribution in [3.05, 3.63) is 48.0 Å². The van der Waals surface area contributed by atoms with Gasteiger partial charge in [-0.25, -0.2) is 9.59 Å². The molecule has 130 valence electrons. The lowest BCUT2D eigenvalue weighted by Crippen LogP contribution is -2.30. The maximum Gasteiger partial charge on any atom is 0.347 e. The van der Waals surface area contributed by atoms with E-state index in [4.69, 9.17) is 18.9 Å². The molecule has 6 nitrogen and oxygen atoms in total. The van der Waals surface area contributed by atoms with Crippen LogP contribution in [0.5, 0.6) is 0 Å². The summed E-state index contributed by atoms with van der Waals surface area (Å²) in [5, 5.41) is 0. The number of esters is 2. The van der Waals surface area contributed by atoms with E-state index in [1.54, 1.807) is 13.8 Å². The van der Waals surface area contributed by atoms with E-state index in [0.717, 1.165) is 5.56 Å². The number of carbonyl (C=O) groups is 2. The summed E-state index contributed by atoms with van der Waals surface area (Å²) in [7, 11) is 0. The minimum atomic E-state index is -1.03. The topological polar surface area (TPSA) is 71.1 Å². The fourth-order valence-corrected chi connectivity index (χ4v) is 2.12. The van der Waals surface area contributed by atoms with Crippen molar-refractivity contribution >= 4 is 11.9 Å². The predicted octanol–water partition coefficient (Wildman–Crippen LogP) is 2.37. The van der Waals surface area contributed by atoms with Gasteiger partial charge in [0.15, 0.2) is 11.9 Å². The highest BCUT2D eigenvalue weighted by atomic mass is 16.7. The van der Waals surface area contributed by atoms with Gasteiger partial charge in [-0.1, -0.05) is 36.9 Å². The fourth-order valence-electron chi connectivity index (χ4n) is 2.12. The lowest BCUT2D eigenvalue weighted by atomic mass is 10.2. The number of benzene rings is 1. The molecule has 2 rings (SSSR count). The molecule has 1 aliphatic rings. The Bertz CT molecular complexity index is 607. The number of carbonyl (C=O) groups excluding carboxylic acids is 2. The monoisotopic (exact) mass is 334 g/mol. The van der Waals surface area contributed by atoms with Gasteiger partial charge in [-0.2, -0.15) is 0 Å². The lowest BCUT2D eigenvalue weighted by Gasteiger charge is -2.18. The van der Waals surface area contributed by atoms with Crippen molar-refractivity contribution in [2.24, 2.45) is 0 Å². The zero-order chi connectivity index (χ0) is 17.7. The Balaban J connectivity index is 1.80. The minimum Gasteiger partial charge on any atom is -0.458 e. The van der Waals surface area contributed by atoms with E-state index in [9.17, 15) is 9.59 Å². The van der Waals surface area contributed by atoms with Gasteiger partial charge in [0.05, 0.1) is 12.2 Å². The van der Waals surface area contributed by atoms with Crippen LogP contribution in [0.25, 0.3) is 0 Å². The first kappa shape index (κ1) is 18.2. The molecule has 0 bridgehead atoms. The van der Waals surface area contributed by atoms with Crippen molar-refractivity contribution in [1.82, 2.24) is 0 Å². The Kier molecular flexibility index (Phi) is 5.75. The summed E-state index contributed by atoms with van der Waals surface area (Å²) in [6.45, 7) is 8.96. The van der Waals surface area contributed by atoms with Crippen LogP contribution >= 0.6 is 0 Å². The molecule has 1 aromatic rings. The number of rotatable bonds is 6. The van der Waals surface area contributed by atoms with E-state index in [1.807, 2.05) is 30.3 Å². The average molecular weight is 334 g/mol. The smallest absolute Gasteiger partial charge is 0.347 e. The summed E-state index contributed by atoms with van der Waals surface area (Å²) in [5.41, 5.74) is 0.968. The molecular formula is C18H22O6. The highest BCUT2D eigenvalue weighted by Gasteiger charge is 2.37. The standard InChI is InChI=1S/C18H22O6/c1-12(15-11-22-18(3,4)24-15)16(19)23-13(2)17(20)21-10-14-8-6-5-7-9-14/h5-9,13,15H,1,10-11H2,2-4H3/t13-,15-/m1/s1. The zero-order valence-electron chi connectivity index (χ0n) is 14.1. The Morgan fingerprint density at radius 3 is 2.58 bits per heavy atom. The van der Waals surface area contributed by atoms with Crippen LogP contribution < -0.4 is 0 Å². The highest BCUT2D eigenvalue weighted by Crippen LogP contribution is 2.26. The van der Waals surface area contributed by atoms with E-state index in [1.165, 1.54) is 6.92 Å². The number of ether oxygens (including phenoxy) is 4. The molecule has 0 aromatic heterocycles. The Morgan fingerprint density at radius 1 is 1.33 bits per heavy atom. The first-order chi connectivity index (χ1) is 11.3. The molecule has 0 amide bonds. The fraction of sp³-hybridized carbons (Fsp3) is 0.444. The molecule has 0 N–H and O–H groups in total. The normalized spacial score (nSPS) is 20.2. The summed E-state index contributed by atoms with van der Waals surface area (Å²) in [5.74, 6) is -2.09. The first-order valence-electron chi connectivity index (χ1n) is 7.70. The number of hydrogen-bond acceptors (Lipinski definition) is 6. The van der Waals surface area contributed by atoms with Crippen molar-refractivity contribution in [1.29, 1.82) is 0 Å². The summed E-state index contributed by atoms with van der Waals surface area (Å²) in [6.07, 6.45) is -1.62. The molecule has 1 heterocycles. The van der Waals surface area contributed by atoms with Crippen LogP contribution in [-0.2, 0) is 35.1 Å². The zero-order valence-corrected chi connectivity index (χ0v) is 14.1. The first-order valence-corrected chi connectivity index (χ1v) is 7.70. The second-order valence-electron chi connectivity index (χ2n) is 5.98. The van der Waals surface area contributed by atoms with E-state index in [-0.39, 0.29) is 18.8 Å². The van der Waals surface area contributed by atoms with Crippen LogP contribution in [-0.4, -0.2) is 36.5 Å². The van der Waals surface area contributed by atoms with Gasteiger partial charge >= 0.3 is 11.9 Å². The molecule has 0 saturated carbocycles.